The van der Waals surface area contributed by atoms with E-state index in [-0.39, 0.29) is 7.43 Å². The zero-order valence-corrected chi connectivity index (χ0v) is 10.4. The summed E-state index contributed by atoms with van der Waals surface area (Å²) in [5, 5.41) is 6.13. The van der Waals surface area contributed by atoms with Crippen LogP contribution in [0.2, 0.25) is 0 Å². The highest BCUT2D eigenvalue weighted by atomic mass is 16.3. The van der Waals surface area contributed by atoms with E-state index in [0.717, 1.165) is 17.1 Å². The Bertz CT molecular complexity index is 518. The van der Waals surface area contributed by atoms with E-state index in [1.165, 1.54) is 0 Å². The van der Waals surface area contributed by atoms with Gasteiger partial charge >= 0.3 is 0 Å². The van der Waals surface area contributed by atoms with Crippen molar-refractivity contribution in [1.29, 1.82) is 0 Å². The van der Waals surface area contributed by atoms with Crippen LogP contribution in [0.1, 0.15) is 7.43 Å². The van der Waals surface area contributed by atoms with Crippen molar-refractivity contribution in [2.45, 2.75) is 7.43 Å². The third-order valence-electron chi connectivity index (χ3n) is 2.65. The number of anilines is 3. The van der Waals surface area contributed by atoms with Crippen LogP contribution in [0.25, 0.3) is 0 Å². The van der Waals surface area contributed by atoms with Gasteiger partial charge in [-0.3, -0.25) is 0 Å². The van der Waals surface area contributed by atoms with Crippen LogP contribution in [-0.4, -0.2) is 14.1 Å². The van der Waals surface area contributed by atoms with E-state index in [9.17, 15) is 4.91 Å². The van der Waals surface area contributed by atoms with Crippen molar-refractivity contribution in [2.75, 3.05) is 24.3 Å². The third kappa shape index (κ3) is 3.81. The number of nitrogens with one attached hydrogen (secondary N) is 1. The molecule has 0 atom stereocenters. The molecule has 100 valence electrons. The van der Waals surface area contributed by atoms with Crippen LogP contribution in [0.15, 0.2) is 53.7 Å². The summed E-state index contributed by atoms with van der Waals surface area (Å²) >= 11 is 0. The molecule has 1 N–H and O–H groups in total. The fraction of sp³-hybridized carbons (Fsp3) is 0.200. The molecule has 0 aliphatic heterocycles. The van der Waals surface area contributed by atoms with E-state index in [4.69, 9.17) is 0 Å². The molecule has 0 radical (unpaired) electrons. The fourth-order valence-electron chi connectivity index (χ4n) is 1.62. The van der Waals surface area contributed by atoms with E-state index in [2.05, 4.69) is 10.5 Å². The molecule has 4 nitrogen and oxygen atoms in total. The lowest BCUT2D eigenvalue weighted by atomic mass is 10.2. The number of benzene rings is 2. The molecule has 0 aromatic heterocycles. The normalized spacial score (nSPS) is 9.37. The second-order valence-corrected chi connectivity index (χ2v) is 4.20. The van der Waals surface area contributed by atoms with Crippen LogP contribution < -0.4 is 10.2 Å². The molecule has 0 aliphatic carbocycles. The summed E-state index contributed by atoms with van der Waals surface area (Å²) in [7, 11) is 4.02. The zero-order chi connectivity index (χ0) is 13.0. The standard InChI is InChI=1S/C14H15N3O.CH4/c1-17(2)14-9-7-12(8-10-14)15-11-3-5-13(16-18)6-4-11;/h3-10,15H,1-2H3;1H4. The molecule has 0 bridgehead atoms. The van der Waals surface area contributed by atoms with Crippen molar-refractivity contribution in [3.05, 3.63) is 53.4 Å². The van der Waals surface area contributed by atoms with Gasteiger partial charge in [-0.1, -0.05) is 7.43 Å². The second-order valence-electron chi connectivity index (χ2n) is 4.20. The van der Waals surface area contributed by atoms with Crippen molar-refractivity contribution >= 4 is 22.7 Å². The highest BCUT2D eigenvalue weighted by molar-refractivity contribution is 5.64. The Balaban J connectivity index is 0.00000180. The second kappa shape index (κ2) is 6.54. The fourth-order valence-corrected chi connectivity index (χ4v) is 1.62. The maximum atomic E-state index is 10.3. The number of nitrogens with zero attached hydrogens (tertiary/aromatic N) is 2. The Hall–Kier alpha value is -2.36. The molecule has 0 fully saturated rings. The maximum absolute atomic E-state index is 10.3. The smallest absolute Gasteiger partial charge is 0.108 e. The highest BCUT2D eigenvalue weighted by Gasteiger charge is 1.97. The predicted molar refractivity (Wildman–Crippen MR) is 82.7 cm³/mol. The first kappa shape index (κ1) is 14.7. The summed E-state index contributed by atoms with van der Waals surface area (Å²) in [4.78, 5) is 12.4. The van der Waals surface area contributed by atoms with Gasteiger partial charge in [0.15, 0.2) is 0 Å². The first-order chi connectivity index (χ1) is 8.69. The molecule has 0 amide bonds. The van der Waals surface area contributed by atoms with Gasteiger partial charge in [0, 0.05) is 31.2 Å². The van der Waals surface area contributed by atoms with Gasteiger partial charge in [0.05, 0.1) is 0 Å². The van der Waals surface area contributed by atoms with Crippen molar-refractivity contribution < 1.29 is 0 Å². The number of hydrogen-bond donors (Lipinski definition) is 1. The molecule has 19 heavy (non-hydrogen) atoms. The summed E-state index contributed by atoms with van der Waals surface area (Å²) in [5.41, 5.74) is 3.52. The third-order valence-corrected chi connectivity index (χ3v) is 2.65. The Morgan fingerprint density at radius 2 is 1.37 bits per heavy atom. The predicted octanol–water partition coefficient (Wildman–Crippen LogP) is 4.53. The molecule has 0 aliphatic rings. The van der Waals surface area contributed by atoms with Crippen LogP contribution in [0.4, 0.5) is 22.7 Å². The van der Waals surface area contributed by atoms with E-state index in [1.54, 1.807) is 12.1 Å². The largest absolute Gasteiger partial charge is 0.378 e. The Morgan fingerprint density at radius 1 is 0.895 bits per heavy atom. The average Bonchev–Trinajstić information content (AvgIpc) is 2.40. The summed E-state index contributed by atoms with van der Waals surface area (Å²) in [6.07, 6.45) is 0. The minimum atomic E-state index is 0. The Morgan fingerprint density at radius 3 is 1.79 bits per heavy atom. The first-order valence-electron chi connectivity index (χ1n) is 5.67. The topological polar surface area (TPSA) is 44.7 Å². The molecule has 2 rings (SSSR count). The molecule has 2 aromatic rings. The summed E-state index contributed by atoms with van der Waals surface area (Å²) in [6, 6.07) is 15.1. The van der Waals surface area contributed by atoms with Gasteiger partial charge in [-0.15, -0.1) is 4.91 Å². The van der Waals surface area contributed by atoms with Crippen molar-refractivity contribution in [3.8, 4) is 0 Å². The molecule has 4 heteroatoms. The SMILES string of the molecule is C.CN(C)c1ccc(Nc2ccc(N=O)cc2)cc1. The number of nitroso groups, excluding NO2 is 1. The monoisotopic (exact) mass is 257 g/mol. The lowest BCUT2D eigenvalue weighted by Gasteiger charge is -2.13. The molecule has 0 heterocycles. The van der Waals surface area contributed by atoms with Gasteiger partial charge in [-0.05, 0) is 53.7 Å². The van der Waals surface area contributed by atoms with Gasteiger partial charge < -0.3 is 10.2 Å². The molecule has 0 unspecified atom stereocenters. The van der Waals surface area contributed by atoms with Crippen molar-refractivity contribution in [2.24, 2.45) is 5.18 Å². The quantitative estimate of drug-likeness (QED) is 0.818. The number of hydrogen-bond acceptors (Lipinski definition) is 4. The average molecular weight is 257 g/mol. The summed E-state index contributed by atoms with van der Waals surface area (Å²) in [6.45, 7) is 0. The van der Waals surface area contributed by atoms with Gasteiger partial charge in [-0.2, -0.15) is 0 Å². The minimum absolute atomic E-state index is 0. The van der Waals surface area contributed by atoms with Crippen LogP contribution in [0.5, 0.6) is 0 Å². The molecule has 0 spiro atoms. The van der Waals surface area contributed by atoms with Gasteiger partial charge in [-0.25, -0.2) is 0 Å². The molecule has 0 saturated carbocycles. The van der Waals surface area contributed by atoms with Crippen molar-refractivity contribution in [1.82, 2.24) is 0 Å². The van der Waals surface area contributed by atoms with Crippen LogP contribution in [0, 0.1) is 4.91 Å². The maximum Gasteiger partial charge on any atom is 0.108 e. The van der Waals surface area contributed by atoms with E-state index in [0.29, 0.717) is 5.69 Å². The highest BCUT2D eigenvalue weighted by Crippen LogP contribution is 2.22. The Labute approximate surface area is 114 Å². The lowest BCUT2D eigenvalue weighted by Crippen LogP contribution is -2.08. The van der Waals surface area contributed by atoms with Crippen LogP contribution >= 0.6 is 0 Å². The molecule has 2 aromatic carbocycles. The van der Waals surface area contributed by atoms with Gasteiger partial charge in [0.2, 0.25) is 0 Å². The summed E-state index contributed by atoms with van der Waals surface area (Å²) in [5.74, 6) is 0. The van der Waals surface area contributed by atoms with E-state index in [1.807, 2.05) is 55.4 Å². The van der Waals surface area contributed by atoms with E-state index >= 15 is 0 Å². The van der Waals surface area contributed by atoms with E-state index < -0.39 is 0 Å². The molecular formula is C15H19N3O. The molecular weight excluding hydrogens is 238 g/mol. The summed E-state index contributed by atoms with van der Waals surface area (Å²) < 4.78 is 0. The zero-order valence-electron chi connectivity index (χ0n) is 10.4. The van der Waals surface area contributed by atoms with Gasteiger partial charge in [0.1, 0.15) is 5.69 Å². The minimum Gasteiger partial charge on any atom is -0.378 e. The number of rotatable bonds is 4. The van der Waals surface area contributed by atoms with Crippen molar-refractivity contribution in [3.63, 3.8) is 0 Å². The Kier molecular flexibility index (Phi) is 5.06. The van der Waals surface area contributed by atoms with Gasteiger partial charge in [0.25, 0.3) is 0 Å². The van der Waals surface area contributed by atoms with Crippen LogP contribution in [0.3, 0.4) is 0 Å². The lowest BCUT2D eigenvalue weighted by molar-refractivity contribution is 1.13. The first-order valence-corrected chi connectivity index (χ1v) is 5.67. The molecule has 0 saturated heterocycles. The van der Waals surface area contributed by atoms with Crippen LogP contribution in [-0.2, 0) is 0 Å².